The summed E-state index contributed by atoms with van der Waals surface area (Å²) in [5.74, 6) is -1.50. The van der Waals surface area contributed by atoms with Crippen LogP contribution < -0.4 is 26.4 Å². The first-order chi connectivity index (χ1) is 36.2. The Morgan fingerprint density at radius 2 is 1.63 bits per heavy atom. The van der Waals surface area contributed by atoms with Crippen LogP contribution >= 0.6 is 0 Å². The fourth-order valence-corrected chi connectivity index (χ4v) is 9.07. The Bertz CT molecular complexity index is 2990. The van der Waals surface area contributed by atoms with Gasteiger partial charge in [-0.15, -0.1) is 0 Å². The fourth-order valence-electron chi connectivity index (χ4n) is 9.07. The molecule has 22 heteroatoms. The summed E-state index contributed by atoms with van der Waals surface area (Å²) in [5.41, 5.74) is 8.25. The lowest BCUT2D eigenvalue weighted by Crippen LogP contribution is -2.54. The number of imide groups is 2. The molecule has 6 amide bonds. The number of nitrogens with zero attached hydrogens (tertiary/aromatic N) is 8. The Labute approximate surface area is 433 Å². The van der Waals surface area contributed by atoms with Crippen LogP contribution in [0.1, 0.15) is 66.3 Å². The topological polar surface area (TPSA) is 279 Å². The highest BCUT2D eigenvalue weighted by Gasteiger charge is 2.45. The number of nitrogens with one attached hydrogen (secondary N) is 3. The van der Waals surface area contributed by atoms with Crippen LogP contribution in [0.15, 0.2) is 90.8 Å². The van der Waals surface area contributed by atoms with Crippen LogP contribution in [0.4, 0.5) is 11.5 Å². The third-order valence-corrected chi connectivity index (χ3v) is 13.3. The van der Waals surface area contributed by atoms with Crippen molar-refractivity contribution in [1.29, 1.82) is 5.26 Å². The first-order valence-corrected chi connectivity index (χ1v) is 24.8. The molecule has 1 unspecified atom stereocenters. The largest absolute Gasteiger partial charge is 0.457 e. The van der Waals surface area contributed by atoms with Gasteiger partial charge in [0.1, 0.15) is 47.0 Å². The van der Waals surface area contributed by atoms with Crippen molar-refractivity contribution in [2.24, 2.45) is 0 Å². The number of carbonyl (C=O) groups is 6. The second-order valence-corrected chi connectivity index (χ2v) is 18.7. The lowest BCUT2D eigenvalue weighted by molar-refractivity contribution is -0.136. The minimum absolute atomic E-state index is 0.0111. The van der Waals surface area contributed by atoms with E-state index in [-0.39, 0.29) is 79.4 Å². The number of amides is 6. The molecule has 2 fully saturated rings. The molecule has 0 radical (unpaired) electrons. The molecule has 2 atom stereocenters. The molecule has 3 aromatic carbocycles. The molecule has 3 aliphatic heterocycles. The van der Waals surface area contributed by atoms with E-state index in [0.717, 1.165) is 22.6 Å². The number of hydrogen-bond acceptors (Lipinski definition) is 17. The zero-order valence-corrected chi connectivity index (χ0v) is 42.1. The number of likely N-dealkylation sites (tertiary alicyclic amines) is 1. The van der Waals surface area contributed by atoms with Crippen LogP contribution in [-0.4, -0.2) is 161 Å². The number of nitrogens with two attached hydrogens (primary N) is 1. The number of anilines is 2. The molecule has 0 aliphatic carbocycles. The smallest absolute Gasteiger partial charge is 0.264 e. The second kappa shape index (κ2) is 24.3. The number of piperidine rings is 2. The molecule has 0 saturated carbocycles. The van der Waals surface area contributed by atoms with Crippen molar-refractivity contribution in [1.82, 2.24) is 45.1 Å². The van der Waals surface area contributed by atoms with E-state index in [1.807, 2.05) is 85.1 Å². The molecule has 8 rings (SSSR count). The van der Waals surface area contributed by atoms with Crippen LogP contribution in [0, 0.1) is 11.3 Å². The molecule has 5 heterocycles. The molecule has 5 aromatic rings. The number of ether oxygens (including phenoxy) is 4. The van der Waals surface area contributed by atoms with E-state index >= 15 is 0 Å². The lowest BCUT2D eigenvalue weighted by Gasteiger charge is -2.35. The van der Waals surface area contributed by atoms with Crippen molar-refractivity contribution in [3.05, 3.63) is 102 Å². The summed E-state index contributed by atoms with van der Waals surface area (Å²) in [7, 11) is 1.90. The summed E-state index contributed by atoms with van der Waals surface area (Å²) in [6.45, 7) is 7.13. The zero-order chi connectivity index (χ0) is 53.1. The molecule has 392 valence electrons. The van der Waals surface area contributed by atoms with Gasteiger partial charge >= 0.3 is 0 Å². The number of nitrogen functional groups attached to an aromatic ring is 1. The molecule has 2 aromatic heterocycles. The number of carbonyl (C=O) groups excluding carboxylic acids is 6. The van der Waals surface area contributed by atoms with E-state index in [0.29, 0.717) is 80.8 Å². The Hall–Kier alpha value is -8.10. The Morgan fingerprint density at radius 3 is 2.36 bits per heavy atom. The van der Waals surface area contributed by atoms with Gasteiger partial charge in [-0.05, 0) is 94.8 Å². The first kappa shape index (κ1) is 53.2. The molecule has 2 saturated heterocycles. The summed E-state index contributed by atoms with van der Waals surface area (Å²) >= 11 is 0. The second-order valence-electron chi connectivity index (χ2n) is 18.7. The van der Waals surface area contributed by atoms with Crippen molar-refractivity contribution in [2.45, 2.75) is 57.2 Å². The number of benzene rings is 3. The third-order valence-electron chi connectivity index (χ3n) is 13.3. The summed E-state index contributed by atoms with van der Waals surface area (Å²) in [6.07, 6.45) is 4.60. The summed E-state index contributed by atoms with van der Waals surface area (Å²) in [4.78, 5) is 90.3. The Balaban J connectivity index is 0.718. The molecule has 75 heavy (non-hydrogen) atoms. The average molecular weight is 1030 g/mol. The van der Waals surface area contributed by atoms with E-state index in [1.54, 1.807) is 23.1 Å². The fraction of sp³-hybridized carbons (Fsp3) is 0.396. The van der Waals surface area contributed by atoms with Gasteiger partial charge in [-0.3, -0.25) is 43.9 Å². The lowest BCUT2D eigenvalue weighted by atomic mass is 9.98. The van der Waals surface area contributed by atoms with Crippen LogP contribution in [0.2, 0.25) is 0 Å². The van der Waals surface area contributed by atoms with Crippen molar-refractivity contribution >= 4 is 58.0 Å². The standard InChI is InChI=1S/C53H60N12O10/c1-53(2,29-35(30-54)50(69)63-21-8-9-36(32-63)65-48-45(47(55)58-33-59-48)46(61-65)34-14-16-38(17-15-34)75-37-10-5-4-6-11-37)62(3)22-24-73-26-28-74-27-25-72-23-20-56-43(67)31-57-40-13-7-12-39-44(40)52(71)64(51(39)70)41-18-19-42(66)60-49(41)68/h4-7,10-17,29,33,36,41,57H,8-9,18-28,31-32H2,1-3H3,(H,56,67)(H2,55,58,59)(H,60,66,68)/b35-29+/t36-,41?/m1/s1. The van der Waals surface area contributed by atoms with Crippen LogP contribution in [0.25, 0.3) is 22.3 Å². The van der Waals surface area contributed by atoms with E-state index in [9.17, 15) is 34.0 Å². The van der Waals surface area contributed by atoms with Crippen LogP contribution in [-0.2, 0) is 33.4 Å². The van der Waals surface area contributed by atoms with Gasteiger partial charge in [0.25, 0.3) is 17.7 Å². The normalized spacial score (nSPS) is 17.0. The van der Waals surface area contributed by atoms with Gasteiger partial charge in [0.15, 0.2) is 5.65 Å². The first-order valence-electron chi connectivity index (χ1n) is 24.8. The maximum atomic E-state index is 14.0. The number of rotatable bonds is 23. The number of likely N-dealkylation sites (N-methyl/N-ethyl adjacent to an activating group) is 1. The van der Waals surface area contributed by atoms with Crippen LogP contribution in [0.3, 0.4) is 0 Å². The van der Waals surface area contributed by atoms with E-state index in [1.165, 1.54) is 12.4 Å². The summed E-state index contributed by atoms with van der Waals surface area (Å²) in [5, 5.41) is 23.7. The van der Waals surface area contributed by atoms with Gasteiger partial charge in [-0.2, -0.15) is 10.4 Å². The summed E-state index contributed by atoms with van der Waals surface area (Å²) in [6, 6.07) is 22.5. The maximum Gasteiger partial charge on any atom is 0.264 e. The van der Waals surface area contributed by atoms with Crippen LogP contribution in [0.5, 0.6) is 11.5 Å². The minimum Gasteiger partial charge on any atom is -0.457 e. The highest BCUT2D eigenvalue weighted by Crippen LogP contribution is 2.36. The van der Waals surface area contributed by atoms with Gasteiger partial charge in [0.05, 0.1) is 68.7 Å². The Morgan fingerprint density at radius 1 is 0.907 bits per heavy atom. The van der Waals surface area contributed by atoms with Crippen molar-refractivity contribution < 1.29 is 47.7 Å². The van der Waals surface area contributed by atoms with E-state index in [4.69, 9.17) is 29.8 Å². The molecule has 5 N–H and O–H groups in total. The van der Waals surface area contributed by atoms with Gasteiger partial charge in [0.2, 0.25) is 17.7 Å². The molecule has 22 nitrogen and oxygen atoms in total. The summed E-state index contributed by atoms with van der Waals surface area (Å²) < 4.78 is 24.8. The average Bonchev–Trinajstić information content (AvgIpc) is 3.94. The SMILES string of the molecule is CN(CCOCCOCCOCCNC(=O)CNc1cccc2c1C(=O)N(C1CCC(=O)NC1=O)C2=O)C(C)(C)/C=C(\C#N)C(=O)N1CCC[C@@H](n2nc(-c3ccc(Oc4ccccc4)cc3)c3c(N)ncnc32)C1. The predicted octanol–water partition coefficient (Wildman–Crippen LogP) is 3.87. The molecular weight excluding hydrogens is 965 g/mol. The van der Waals surface area contributed by atoms with Crippen molar-refractivity contribution in [3.63, 3.8) is 0 Å². The molecular formula is C53H60N12O10. The highest BCUT2D eigenvalue weighted by atomic mass is 16.5. The van der Waals surface area contributed by atoms with Crippen molar-refractivity contribution in [2.75, 3.05) is 90.5 Å². The van der Waals surface area contributed by atoms with Gasteiger partial charge < -0.3 is 40.2 Å². The Kier molecular flexibility index (Phi) is 17.2. The number of hydrogen-bond donors (Lipinski definition) is 4. The number of aromatic nitrogens is 4. The number of para-hydroxylation sites is 1. The highest BCUT2D eigenvalue weighted by molar-refractivity contribution is 6.25. The van der Waals surface area contributed by atoms with E-state index < -0.39 is 35.2 Å². The van der Waals surface area contributed by atoms with Crippen molar-refractivity contribution in [3.8, 4) is 28.8 Å². The maximum absolute atomic E-state index is 14.0. The monoisotopic (exact) mass is 1020 g/mol. The number of fused-ring (bicyclic) bond motifs is 2. The van der Waals surface area contributed by atoms with E-state index in [2.05, 4.69) is 32.0 Å². The van der Waals surface area contributed by atoms with Gasteiger partial charge in [-0.25, -0.2) is 14.6 Å². The molecule has 0 spiro atoms. The zero-order valence-electron chi connectivity index (χ0n) is 42.1. The quantitative estimate of drug-likeness (QED) is 0.0313. The predicted molar refractivity (Wildman–Crippen MR) is 274 cm³/mol. The van der Waals surface area contributed by atoms with Gasteiger partial charge in [-0.1, -0.05) is 24.3 Å². The molecule has 0 bridgehead atoms. The van der Waals surface area contributed by atoms with Gasteiger partial charge in [0, 0.05) is 49.4 Å². The third kappa shape index (κ3) is 12.6. The molecule has 3 aliphatic rings. The number of nitriles is 1. The minimum atomic E-state index is -1.09.